The fourth-order valence-electron chi connectivity index (χ4n) is 1.43. The van der Waals surface area contributed by atoms with Crippen molar-refractivity contribution in [2.45, 2.75) is 6.92 Å². The largest absolute Gasteiger partial charge is 0.472 e. The van der Waals surface area contributed by atoms with Crippen LogP contribution >= 0.6 is 15.9 Å². The molecule has 1 heterocycles. The second-order valence-electron chi connectivity index (χ2n) is 3.36. The summed E-state index contributed by atoms with van der Waals surface area (Å²) in [4.78, 5) is 11.9. The molecule has 0 unspecified atom stereocenters. The van der Waals surface area contributed by atoms with Crippen molar-refractivity contribution >= 4 is 21.7 Å². The van der Waals surface area contributed by atoms with Gasteiger partial charge in [-0.3, -0.25) is 4.79 Å². The quantitative estimate of drug-likeness (QED) is 0.777. The third-order valence-electron chi connectivity index (χ3n) is 2.09. The van der Waals surface area contributed by atoms with Crippen molar-refractivity contribution in [3.63, 3.8) is 0 Å². The molecule has 1 aromatic carbocycles. The molecule has 0 atom stereocenters. The molecule has 0 saturated carbocycles. The standard InChI is InChI=1S/C12H9BrO2/c1-8-4-10(6-11(13)5-8)12(14)9-2-3-15-7-9/h2-7H,1H3. The average molecular weight is 265 g/mol. The molecule has 0 bridgehead atoms. The van der Waals surface area contributed by atoms with Gasteiger partial charge in [-0.15, -0.1) is 0 Å². The maximum atomic E-state index is 11.9. The average Bonchev–Trinajstić information content (AvgIpc) is 2.67. The maximum absolute atomic E-state index is 11.9. The SMILES string of the molecule is Cc1cc(Br)cc(C(=O)c2ccoc2)c1. The van der Waals surface area contributed by atoms with Crippen LogP contribution in [0.5, 0.6) is 0 Å². The highest BCUT2D eigenvalue weighted by molar-refractivity contribution is 9.10. The summed E-state index contributed by atoms with van der Waals surface area (Å²) in [6, 6.07) is 7.30. The van der Waals surface area contributed by atoms with Gasteiger partial charge in [0, 0.05) is 10.0 Å². The van der Waals surface area contributed by atoms with Crippen molar-refractivity contribution in [1.29, 1.82) is 0 Å². The number of carbonyl (C=O) groups is 1. The van der Waals surface area contributed by atoms with Gasteiger partial charge < -0.3 is 4.42 Å². The van der Waals surface area contributed by atoms with Crippen LogP contribution < -0.4 is 0 Å². The molecular weight excluding hydrogens is 256 g/mol. The smallest absolute Gasteiger partial charge is 0.196 e. The summed E-state index contributed by atoms with van der Waals surface area (Å²) in [5.41, 5.74) is 2.30. The summed E-state index contributed by atoms with van der Waals surface area (Å²) in [6.45, 7) is 1.96. The van der Waals surface area contributed by atoms with Crippen LogP contribution in [0.4, 0.5) is 0 Å². The highest BCUT2D eigenvalue weighted by Gasteiger charge is 2.10. The maximum Gasteiger partial charge on any atom is 0.196 e. The molecule has 0 fully saturated rings. The molecule has 0 amide bonds. The van der Waals surface area contributed by atoms with E-state index in [1.807, 2.05) is 25.1 Å². The van der Waals surface area contributed by atoms with Crippen LogP contribution in [0, 0.1) is 6.92 Å². The van der Waals surface area contributed by atoms with Crippen LogP contribution in [0.2, 0.25) is 0 Å². The van der Waals surface area contributed by atoms with Gasteiger partial charge in [-0.05, 0) is 36.8 Å². The Kier molecular flexibility index (Phi) is 2.73. The predicted octanol–water partition coefficient (Wildman–Crippen LogP) is 3.58. The summed E-state index contributed by atoms with van der Waals surface area (Å²) in [5.74, 6) is -0.0202. The van der Waals surface area contributed by atoms with Crippen LogP contribution in [0.25, 0.3) is 0 Å². The van der Waals surface area contributed by atoms with Gasteiger partial charge in [0.25, 0.3) is 0 Å². The number of furan rings is 1. The number of benzene rings is 1. The molecule has 0 aliphatic heterocycles. The molecule has 1 aromatic heterocycles. The first-order chi connectivity index (χ1) is 7.16. The first-order valence-corrected chi connectivity index (χ1v) is 5.30. The Morgan fingerprint density at radius 1 is 1.27 bits per heavy atom. The molecule has 0 spiro atoms. The Labute approximate surface area is 96.0 Å². The Morgan fingerprint density at radius 3 is 2.67 bits per heavy atom. The van der Waals surface area contributed by atoms with Crippen LogP contribution in [-0.4, -0.2) is 5.78 Å². The first kappa shape index (κ1) is 10.2. The van der Waals surface area contributed by atoms with Gasteiger partial charge in [-0.1, -0.05) is 15.9 Å². The predicted molar refractivity (Wildman–Crippen MR) is 61.0 cm³/mol. The van der Waals surface area contributed by atoms with Gasteiger partial charge in [0.2, 0.25) is 0 Å². The third kappa shape index (κ3) is 2.18. The van der Waals surface area contributed by atoms with E-state index in [1.165, 1.54) is 12.5 Å². The number of carbonyl (C=O) groups excluding carboxylic acids is 1. The molecule has 2 rings (SSSR count). The molecule has 3 heteroatoms. The number of rotatable bonds is 2. The van der Waals surface area contributed by atoms with Crippen molar-refractivity contribution in [3.05, 3.63) is 58.0 Å². The van der Waals surface area contributed by atoms with Gasteiger partial charge in [-0.2, -0.15) is 0 Å². The lowest BCUT2D eigenvalue weighted by Gasteiger charge is -2.01. The van der Waals surface area contributed by atoms with Crippen LogP contribution in [0.3, 0.4) is 0 Å². The number of ketones is 1. The van der Waals surface area contributed by atoms with Crippen LogP contribution in [-0.2, 0) is 0 Å². The van der Waals surface area contributed by atoms with Gasteiger partial charge in [0.05, 0.1) is 11.8 Å². The number of hydrogen-bond donors (Lipinski definition) is 0. The van der Waals surface area contributed by atoms with E-state index in [2.05, 4.69) is 15.9 Å². The van der Waals surface area contributed by atoms with E-state index < -0.39 is 0 Å². The van der Waals surface area contributed by atoms with Crippen molar-refractivity contribution < 1.29 is 9.21 Å². The molecule has 76 valence electrons. The highest BCUT2D eigenvalue weighted by atomic mass is 79.9. The fraction of sp³-hybridized carbons (Fsp3) is 0.0833. The summed E-state index contributed by atoms with van der Waals surface area (Å²) >= 11 is 3.37. The molecule has 0 radical (unpaired) electrons. The normalized spacial score (nSPS) is 10.3. The lowest BCUT2D eigenvalue weighted by molar-refractivity contribution is 0.103. The lowest BCUT2D eigenvalue weighted by Crippen LogP contribution is -1.99. The number of aryl methyl sites for hydroxylation is 1. The van der Waals surface area contributed by atoms with E-state index >= 15 is 0 Å². The third-order valence-corrected chi connectivity index (χ3v) is 2.55. The Bertz CT molecular complexity index is 466. The minimum Gasteiger partial charge on any atom is -0.472 e. The zero-order valence-corrected chi connectivity index (χ0v) is 9.74. The fourth-order valence-corrected chi connectivity index (χ4v) is 2.04. The summed E-state index contributed by atoms with van der Waals surface area (Å²) in [6.07, 6.45) is 2.96. The number of hydrogen-bond acceptors (Lipinski definition) is 2. The van der Waals surface area contributed by atoms with Gasteiger partial charge in [0.1, 0.15) is 6.26 Å². The molecule has 15 heavy (non-hydrogen) atoms. The topological polar surface area (TPSA) is 30.2 Å². The van der Waals surface area contributed by atoms with Crippen LogP contribution in [0.1, 0.15) is 21.5 Å². The van der Waals surface area contributed by atoms with Crippen molar-refractivity contribution in [2.75, 3.05) is 0 Å². The van der Waals surface area contributed by atoms with Gasteiger partial charge in [0.15, 0.2) is 5.78 Å². The molecule has 0 saturated heterocycles. The summed E-state index contributed by atoms with van der Waals surface area (Å²) in [5, 5.41) is 0. The van der Waals surface area contributed by atoms with E-state index in [4.69, 9.17) is 4.42 Å². The van der Waals surface area contributed by atoms with Gasteiger partial charge >= 0.3 is 0 Å². The van der Waals surface area contributed by atoms with E-state index in [1.54, 1.807) is 6.07 Å². The summed E-state index contributed by atoms with van der Waals surface area (Å²) in [7, 11) is 0. The molecule has 2 nitrogen and oxygen atoms in total. The van der Waals surface area contributed by atoms with E-state index in [-0.39, 0.29) is 5.78 Å². The van der Waals surface area contributed by atoms with Crippen molar-refractivity contribution in [2.24, 2.45) is 0 Å². The monoisotopic (exact) mass is 264 g/mol. The second kappa shape index (κ2) is 4.03. The van der Waals surface area contributed by atoms with Crippen LogP contribution in [0.15, 0.2) is 45.7 Å². The number of halogens is 1. The Balaban J connectivity index is 2.42. The minimum atomic E-state index is -0.0202. The summed E-state index contributed by atoms with van der Waals surface area (Å²) < 4.78 is 5.80. The first-order valence-electron chi connectivity index (χ1n) is 4.51. The molecule has 2 aromatic rings. The molecular formula is C12H9BrO2. The Morgan fingerprint density at radius 2 is 2.07 bits per heavy atom. The second-order valence-corrected chi connectivity index (χ2v) is 4.27. The minimum absolute atomic E-state index is 0.0202. The molecule has 0 N–H and O–H groups in total. The molecule has 0 aliphatic carbocycles. The van der Waals surface area contributed by atoms with E-state index in [0.717, 1.165) is 10.0 Å². The zero-order chi connectivity index (χ0) is 10.8. The van der Waals surface area contributed by atoms with E-state index in [9.17, 15) is 4.79 Å². The zero-order valence-electron chi connectivity index (χ0n) is 8.16. The van der Waals surface area contributed by atoms with E-state index in [0.29, 0.717) is 11.1 Å². The van der Waals surface area contributed by atoms with Gasteiger partial charge in [-0.25, -0.2) is 0 Å². The van der Waals surface area contributed by atoms with Crippen molar-refractivity contribution in [3.8, 4) is 0 Å². The Hall–Kier alpha value is -1.35. The van der Waals surface area contributed by atoms with Crippen molar-refractivity contribution in [1.82, 2.24) is 0 Å². The molecule has 0 aliphatic rings. The highest BCUT2D eigenvalue weighted by Crippen LogP contribution is 2.18. The lowest BCUT2D eigenvalue weighted by atomic mass is 10.0.